The van der Waals surface area contributed by atoms with Gasteiger partial charge in [-0.3, -0.25) is 4.99 Å². The molecule has 0 unspecified atom stereocenters. The van der Waals surface area contributed by atoms with Crippen molar-refractivity contribution < 1.29 is 4.74 Å². The van der Waals surface area contributed by atoms with Crippen molar-refractivity contribution in [3.05, 3.63) is 0 Å². The van der Waals surface area contributed by atoms with E-state index in [0.29, 0.717) is 0 Å². The van der Waals surface area contributed by atoms with E-state index in [2.05, 4.69) is 9.73 Å². The van der Waals surface area contributed by atoms with Gasteiger partial charge in [0.25, 0.3) is 0 Å². The molecule has 2 saturated carbocycles. The fourth-order valence-electron chi connectivity index (χ4n) is 2.21. The van der Waals surface area contributed by atoms with Crippen LogP contribution in [0, 0.1) is 0 Å². The predicted molar refractivity (Wildman–Crippen MR) is 165 cm³/mol. The van der Waals surface area contributed by atoms with Gasteiger partial charge in [-0.05, 0) is 0 Å². The van der Waals surface area contributed by atoms with E-state index >= 15 is 0 Å². The van der Waals surface area contributed by atoms with Crippen LogP contribution < -0.4 is 0 Å². The van der Waals surface area contributed by atoms with Crippen LogP contribution in [-0.2, 0) is 4.74 Å². The van der Waals surface area contributed by atoms with Gasteiger partial charge in [-0.1, -0.05) is 183 Å². The smallest absolute Gasteiger partial charge is 0.169 e. The molecule has 2 heteroatoms. The minimum Gasteiger partial charge on any atom is -0.482 e. The first-order valence-electron chi connectivity index (χ1n) is 13.1. The maximum Gasteiger partial charge on any atom is 0.169 e. The fourth-order valence-corrected chi connectivity index (χ4v) is 2.21. The molecule has 1 heterocycles. The normalized spacial score (nSPS) is 12.4. The third-order valence-electron chi connectivity index (χ3n) is 3.24. The summed E-state index contributed by atoms with van der Waals surface area (Å²) in [6.07, 6.45) is 18.0. The zero-order valence-electron chi connectivity index (χ0n) is 22.6. The topological polar surface area (TPSA) is 21.6 Å². The summed E-state index contributed by atoms with van der Waals surface area (Å²) in [7, 11) is 0. The third kappa shape index (κ3) is 99.8. The lowest BCUT2D eigenvalue weighted by atomic mass is 10.0. The molecule has 3 rings (SSSR count). The van der Waals surface area contributed by atoms with E-state index in [4.69, 9.17) is 0 Å². The molecular formula is C30H79NO. The lowest BCUT2D eigenvalue weighted by Gasteiger charge is -2.05. The predicted octanol–water partition coefficient (Wildman–Crippen LogP) is 13.0. The molecule has 0 saturated heterocycles. The Labute approximate surface area is 212 Å². The summed E-state index contributed by atoms with van der Waals surface area (Å²) in [5, 5.41) is 0. The lowest BCUT2D eigenvalue weighted by molar-refractivity contribution is 0.361. The first kappa shape index (κ1) is 63.4. The molecule has 0 spiro atoms. The van der Waals surface area contributed by atoms with Gasteiger partial charge < -0.3 is 4.74 Å². The molecule has 0 radical (unpaired) electrons. The molecule has 2 aliphatic carbocycles. The molecule has 0 bridgehead atoms. The van der Waals surface area contributed by atoms with Gasteiger partial charge in [0.05, 0.1) is 6.54 Å². The Morgan fingerprint density at radius 2 is 0.594 bits per heavy atom. The van der Waals surface area contributed by atoms with Crippen LogP contribution in [0.15, 0.2) is 4.99 Å². The Kier molecular flexibility index (Phi) is 219. The maximum absolute atomic E-state index is 4.65. The Bertz CT molecular complexity index is 137. The van der Waals surface area contributed by atoms with Crippen LogP contribution in [0.3, 0.4) is 0 Å². The number of aliphatic imine (C=N–C) groups is 1. The summed E-state index contributed by atoms with van der Waals surface area (Å²) in [6.45, 7) is 25.6. The average Bonchev–Trinajstić information content (AvgIpc) is 3.63. The highest BCUT2D eigenvalue weighted by Crippen LogP contribution is 2.15. The Morgan fingerprint density at radius 1 is 0.406 bits per heavy atom. The van der Waals surface area contributed by atoms with Gasteiger partial charge in [-0.25, -0.2) is 0 Å². The van der Waals surface area contributed by atoms with E-state index in [9.17, 15) is 0 Å². The Morgan fingerprint density at radius 3 is 0.656 bits per heavy atom. The zero-order chi connectivity index (χ0) is 23.3. The molecular weight excluding hydrogens is 390 g/mol. The zero-order valence-corrected chi connectivity index (χ0v) is 22.6. The molecule has 2 nitrogen and oxygen atoms in total. The van der Waals surface area contributed by atoms with Crippen LogP contribution >= 0.6 is 0 Å². The number of hydrogen-bond acceptors (Lipinski definition) is 2. The monoisotopic (exact) mass is 470 g/mol. The van der Waals surface area contributed by atoms with Gasteiger partial charge >= 0.3 is 0 Å². The number of hydrogen-bond donors (Lipinski definition) is 0. The van der Waals surface area contributed by atoms with Crippen molar-refractivity contribution >= 4 is 6.40 Å². The fraction of sp³-hybridized carbons (Fsp3) is 0.967. The van der Waals surface area contributed by atoms with E-state index in [0.717, 1.165) is 13.2 Å². The van der Waals surface area contributed by atoms with Gasteiger partial charge in [0.1, 0.15) is 6.61 Å². The highest BCUT2D eigenvalue weighted by atomic mass is 16.5. The molecule has 0 atom stereocenters. The van der Waals surface area contributed by atoms with Crippen LogP contribution in [-0.4, -0.2) is 19.6 Å². The molecule has 0 aromatic heterocycles. The van der Waals surface area contributed by atoms with Crippen molar-refractivity contribution in [1.29, 1.82) is 0 Å². The first-order chi connectivity index (χ1) is 14.0. The second-order valence-corrected chi connectivity index (χ2v) is 4.77. The van der Waals surface area contributed by atoms with Gasteiger partial charge in [0.15, 0.2) is 6.40 Å². The number of nitrogens with zero attached hydrogens (tertiary/aromatic N) is 1. The van der Waals surface area contributed by atoms with Crippen LogP contribution in [0.2, 0.25) is 0 Å². The van der Waals surface area contributed by atoms with Crippen molar-refractivity contribution in [1.82, 2.24) is 0 Å². The molecule has 0 aromatic carbocycles. The van der Waals surface area contributed by atoms with Crippen molar-refractivity contribution in [3.8, 4) is 0 Å². The summed E-state index contributed by atoms with van der Waals surface area (Å²) in [5.74, 6) is 0. The lowest BCUT2D eigenvalue weighted by Crippen LogP contribution is -1.85. The minimum absolute atomic E-state index is 0. The van der Waals surface area contributed by atoms with E-state index in [-0.39, 0.29) is 29.7 Å². The molecule has 0 amide bonds. The maximum atomic E-state index is 4.65. The van der Waals surface area contributed by atoms with Crippen LogP contribution in [0.1, 0.15) is 183 Å². The molecule has 0 N–H and O–H groups in total. The quantitative estimate of drug-likeness (QED) is 0.345. The minimum atomic E-state index is 0. The highest BCUT2D eigenvalue weighted by Gasteiger charge is 1.96. The number of ether oxygens (including phenoxy) is 1. The summed E-state index contributed by atoms with van der Waals surface area (Å²) >= 11 is 0. The van der Waals surface area contributed by atoms with Crippen molar-refractivity contribution in [2.75, 3.05) is 13.2 Å². The van der Waals surface area contributed by atoms with Crippen molar-refractivity contribution in [3.63, 3.8) is 0 Å². The van der Waals surface area contributed by atoms with Gasteiger partial charge in [-0.15, -0.1) is 0 Å². The van der Waals surface area contributed by atoms with Crippen LogP contribution in [0.4, 0.5) is 0 Å². The first-order valence-corrected chi connectivity index (χ1v) is 13.1. The standard InChI is InChI=1S/C6H12.C5H10.C3H5NO.6C2H6.4CH4/c1-2-4-6-5-3-1;1-2-4-5-3-1;1-2-5-3-4-1;6*1-2;;;;/h1-6H2;1-5H2;3H,1-2H2;6*1-2H3;4*1H4. The Balaban J connectivity index is -0.0000000220. The SMILES string of the molecule is C.C.C.C.C1=NCCO1.C1CCCC1.C1CCCCC1.CC.CC.CC.CC.CC.CC. The van der Waals surface area contributed by atoms with Crippen LogP contribution in [0.25, 0.3) is 0 Å². The molecule has 210 valence electrons. The number of rotatable bonds is 0. The molecule has 2 fully saturated rings. The van der Waals surface area contributed by atoms with Gasteiger partial charge in [-0.2, -0.15) is 0 Å². The van der Waals surface area contributed by atoms with E-state index in [1.807, 2.05) is 83.1 Å². The molecule has 3 aliphatic rings. The Hall–Kier alpha value is -0.530. The second kappa shape index (κ2) is 111. The summed E-state index contributed by atoms with van der Waals surface area (Å²) in [4.78, 5) is 3.74. The van der Waals surface area contributed by atoms with E-state index < -0.39 is 0 Å². The average molecular weight is 470 g/mol. The second-order valence-electron chi connectivity index (χ2n) is 4.77. The summed E-state index contributed by atoms with van der Waals surface area (Å²) in [5.41, 5.74) is 0. The molecule has 1 aliphatic heterocycles. The largest absolute Gasteiger partial charge is 0.482 e. The van der Waals surface area contributed by atoms with Gasteiger partial charge in [0.2, 0.25) is 0 Å². The van der Waals surface area contributed by atoms with Crippen molar-refractivity contribution in [2.45, 2.75) is 183 Å². The van der Waals surface area contributed by atoms with Crippen LogP contribution in [0.5, 0.6) is 0 Å². The van der Waals surface area contributed by atoms with E-state index in [1.165, 1.54) is 77.0 Å². The third-order valence-corrected chi connectivity index (χ3v) is 3.24. The molecule has 0 aromatic rings. The van der Waals surface area contributed by atoms with E-state index in [1.54, 1.807) is 0 Å². The highest BCUT2D eigenvalue weighted by molar-refractivity contribution is 5.47. The van der Waals surface area contributed by atoms with Crippen molar-refractivity contribution in [2.24, 2.45) is 4.99 Å². The summed E-state index contributed by atoms with van der Waals surface area (Å²) in [6, 6.07) is 0. The van der Waals surface area contributed by atoms with Gasteiger partial charge in [0, 0.05) is 0 Å². The summed E-state index contributed by atoms with van der Waals surface area (Å²) < 4.78 is 4.65. The molecule has 32 heavy (non-hydrogen) atoms.